The molecule has 0 saturated carbocycles. The van der Waals surface area contributed by atoms with Gasteiger partial charge in [0.15, 0.2) is 0 Å². The zero-order chi connectivity index (χ0) is 13.8. The number of hydrogen-bond acceptors (Lipinski definition) is 2. The molecule has 1 N–H and O–H groups in total. The Kier molecular flexibility index (Phi) is 4.94. The Morgan fingerprint density at radius 2 is 2.11 bits per heavy atom. The standard InChI is InChI=1S/C16H25FN2/c1-12(2)16-11-19(13(3)8-9-18-16)10-14-6-4-5-7-15(14)17/h4-7,12-13,16,18H,8-11H2,1-3H3. The summed E-state index contributed by atoms with van der Waals surface area (Å²) in [6, 6.07) is 8.11. The van der Waals surface area contributed by atoms with Crippen LogP contribution in [-0.4, -0.2) is 30.1 Å². The topological polar surface area (TPSA) is 15.3 Å². The molecule has 1 saturated heterocycles. The van der Waals surface area contributed by atoms with E-state index in [1.54, 1.807) is 12.1 Å². The third-order valence-electron chi connectivity index (χ3n) is 4.16. The van der Waals surface area contributed by atoms with Crippen LogP contribution in [0.4, 0.5) is 4.39 Å². The van der Waals surface area contributed by atoms with Gasteiger partial charge in [-0.2, -0.15) is 0 Å². The smallest absolute Gasteiger partial charge is 0.127 e. The molecule has 0 spiro atoms. The van der Waals surface area contributed by atoms with Gasteiger partial charge in [-0.05, 0) is 31.9 Å². The van der Waals surface area contributed by atoms with E-state index in [9.17, 15) is 4.39 Å². The van der Waals surface area contributed by atoms with Gasteiger partial charge in [-0.25, -0.2) is 4.39 Å². The molecule has 0 aromatic heterocycles. The van der Waals surface area contributed by atoms with Crippen molar-refractivity contribution >= 4 is 0 Å². The molecule has 2 unspecified atom stereocenters. The van der Waals surface area contributed by atoms with Crippen molar-refractivity contribution in [2.45, 2.75) is 45.8 Å². The third kappa shape index (κ3) is 3.77. The minimum absolute atomic E-state index is 0.0898. The Labute approximate surface area is 116 Å². The Morgan fingerprint density at radius 3 is 2.79 bits per heavy atom. The number of halogens is 1. The van der Waals surface area contributed by atoms with Gasteiger partial charge in [-0.15, -0.1) is 0 Å². The number of nitrogens with zero attached hydrogens (tertiary/aromatic N) is 1. The van der Waals surface area contributed by atoms with Crippen LogP contribution in [-0.2, 0) is 6.54 Å². The molecule has 2 atom stereocenters. The maximum absolute atomic E-state index is 13.8. The third-order valence-corrected chi connectivity index (χ3v) is 4.16. The fraction of sp³-hybridized carbons (Fsp3) is 0.625. The summed E-state index contributed by atoms with van der Waals surface area (Å²) in [4.78, 5) is 2.41. The van der Waals surface area contributed by atoms with Crippen LogP contribution < -0.4 is 5.32 Å². The lowest BCUT2D eigenvalue weighted by atomic mass is 10.0. The summed E-state index contributed by atoms with van der Waals surface area (Å²) in [5.41, 5.74) is 0.804. The van der Waals surface area contributed by atoms with Crippen LogP contribution in [0.3, 0.4) is 0 Å². The first-order valence-corrected chi connectivity index (χ1v) is 7.28. The summed E-state index contributed by atoms with van der Waals surface area (Å²) in [6.45, 7) is 9.48. The van der Waals surface area contributed by atoms with Crippen LogP contribution in [0, 0.1) is 11.7 Å². The molecule has 2 rings (SSSR count). The highest BCUT2D eigenvalue weighted by Crippen LogP contribution is 2.18. The van der Waals surface area contributed by atoms with Crippen LogP contribution in [0.2, 0.25) is 0 Å². The molecular weight excluding hydrogens is 239 g/mol. The summed E-state index contributed by atoms with van der Waals surface area (Å²) < 4.78 is 13.8. The Balaban J connectivity index is 2.09. The lowest BCUT2D eigenvalue weighted by Gasteiger charge is -2.30. The van der Waals surface area contributed by atoms with Crippen molar-refractivity contribution < 1.29 is 4.39 Å². The summed E-state index contributed by atoms with van der Waals surface area (Å²) in [5, 5.41) is 3.61. The van der Waals surface area contributed by atoms with Crippen LogP contribution >= 0.6 is 0 Å². The van der Waals surface area contributed by atoms with Crippen LogP contribution in [0.1, 0.15) is 32.8 Å². The fourth-order valence-corrected chi connectivity index (χ4v) is 2.67. The van der Waals surface area contributed by atoms with E-state index in [-0.39, 0.29) is 5.82 Å². The molecule has 1 heterocycles. The van der Waals surface area contributed by atoms with E-state index >= 15 is 0 Å². The molecule has 1 aromatic carbocycles. The Bertz CT molecular complexity index is 405. The predicted molar refractivity (Wildman–Crippen MR) is 77.5 cm³/mol. The van der Waals surface area contributed by atoms with Gasteiger partial charge in [-0.1, -0.05) is 32.0 Å². The highest BCUT2D eigenvalue weighted by Gasteiger charge is 2.25. The molecule has 106 valence electrons. The Hall–Kier alpha value is -0.930. The minimum Gasteiger partial charge on any atom is -0.312 e. The maximum atomic E-state index is 13.8. The molecule has 0 radical (unpaired) electrons. The molecule has 3 heteroatoms. The van der Waals surface area contributed by atoms with Crippen LogP contribution in [0.15, 0.2) is 24.3 Å². The monoisotopic (exact) mass is 264 g/mol. The van der Waals surface area contributed by atoms with E-state index in [1.807, 2.05) is 12.1 Å². The van der Waals surface area contributed by atoms with Crippen molar-refractivity contribution in [3.63, 3.8) is 0 Å². The highest BCUT2D eigenvalue weighted by atomic mass is 19.1. The van der Waals surface area contributed by atoms with Gasteiger partial charge < -0.3 is 5.32 Å². The van der Waals surface area contributed by atoms with Gasteiger partial charge in [-0.3, -0.25) is 4.90 Å². The zero-order valence-corrected chi connectivity index (χ0v) is 12.2. The molecule has 1 fully saturated rings. The van der Waals surface area contributed by atoms with Gasteiger partial charge in [0.2, 0.25) is 0 Å². The lowest BCUT2D eigenvalue weighted by Crippen LogP contribution is -2.42. The first-order valence-electron chi connectivity index (χ1n) is 7.28. The largest absolute Gasteiger partial charge is 0.312 e. The van der Waals surface area contributed by atoms with Crippen molar-refractivity contribution in [1.82, 2.24) is 10.2 Å². The average Bonchev–Trinajstić information content (AvgIpc) is 2.55. The highest BCUT2D eigenvalue weighted by molar-refractivity contribution is 5.17. The zero-order valence-electron chi connectivity index (χ0n) is 12.2. The summed E-state index contributed by atoms with van der Waals surface area (Å²) in [5.74, 6) is 0.515. The fourth-order valence-electron chi connectivity index (χ4n) is 2.67. The molecule has 1 aromatic rings. The van der Waals surface area contributed by atoms with E-state index in [0.717, 1.165) is 25.1 Å². The van der Waals surface area contributed by atoms with Gasteiger partial charge in [0.05, 0.1) is 0 Å². The van der Waals surface area contributed by atoms with E-state index in [1.165, 1.54) is 0 Å². The van der Waals surface area contributed by atoms with Crippen LogP contribution in [0.5, 0.6) is 0 Å². The molecule has 0 aliphatic carbocycles. The second kappa shape index (κ2) is 6.49. The predicted octanol–water partition coefficient (Wildman–Crippen LogP) is 3.03. The number of rotatable bonds is 3. The normalized spacial score (nSPS) is 25.5. The first kappa shape index (κ1) is 14.5. The molecular formula is C16H25FN2. The second-order valence-electron chi connectivity index (χ2n) is 5.96. The molecule has 2 nitrogen and oxygen atoms in total. The average molecular weight is 264 g/mol. The van der Waals surface area contributed by atoms with Crippen molar-refractivity contribution in [1.29, 1.82) is 0 Å². The molecule has 1 aliphatic rings. The summed E-state index contributed by atoms with van der Waals surface area (Å²) in [7, 11) is 0. The lowest BCUT2D eigenvalue weighted by molar-refractivity contribution is 0.182. The van der Waals surface area contributed by atoms with Crippen molar-refractivity contribution in [3.8, 4) is 0 Å². The van der Waals surface area contributed by atoms with Crippen molar-refractivity contribution in [2.24, 2.45) is 5.92 Å². The number of nitrogens with one attached hydrogen (secondary N) is 1. The first-order chi connectivity index (χ1) is 9.08. The van der Waals surface area contributed by atoms with Gasteiger partial charge in [0.25, 0.3) is 0 Å². The van der Waals surface area contributed by atoms with E-state index in [2.05, 4.69) is 31.0 Å². The molecule has 0 bridgehead atoms. The maximum Gasteiger partial charge on any atom is 0.127 e. The molecule has 0 amide bonds. The van der Waals surface area contributed by atoms with E-state index in [4.69, 9.17) is 0 Å². The van der Waals surface area contributed by atoms with Crippen LogP contribution in [0.25, 0.3) is 0 Å². The minimum atomic E-state index is -0.0898. The molecule has 19 heavy (non-hydrogen) atoms. The van der Waals surface area contributed by atoms with E-state index < -0.39 is 0 Å². The summed E-state index contributed by atoms with van der Waals surface area (Å²) >= 11 is 0. The van der Waals surface area contributed by atoms with Gasteiger partial charge in [0.1, 0.15) is 5.82 Å². The SMILES string of the molecule is CC(C)C1CN(Cc2ccccc2F)C(C)CCN1. The molecule has 1 aliphatic heterocycles. The number of benzene rings is 1. The number of hydrogen-bond donors (Lipinski definition) is 1. The van der Waals surface area contributed by atoms with Gasteiger partial charge in [0, 0.05) is 30.7 Å². The quantitative estimate of drug-likeness (QED) is 0.902. The Morgan fingerprint density at radius 1 is 1.37 bits per heavy atom. The van der Waals surface area contributed by atoms with E-state index in [0.29, 0.717) is 24.5 Å². The van der Waals surface area contributed by atoms with Gasteiger partial charge >= 0.3 is 0 Å². The van der Waals surface area contributed by atoms with Crippen molar-refractivity contribution in [2.75, 3.05) is 13.1 Å². The summed E-state index contributed by atoms with van der Waals surface area (Å²) in [6.07, 6.45) is 1.12. The van der Waals surface area contributed by atoms with Crippen molar-refractivity contribution in [3.05, 3.63) is 35.6 Å². The second-order valence-corrected chi connectivity index (χ2v) is 5.96.